The Labute approximate surface area is 138 Å². The van der Waals surface area contributed by atoms with Gasteiger partial charge in [0.2, 0.25) is 5.91 Å². The summed E-state index contributed by atoms with van der Waals surface area (Å²) in [6.45, 7) is 6.69. The minimum absolute atomic E-state index is 0.161. The normalized spacial score (nSPS) is 10.6. The van der Waals surface area contributed by atoms with Crippen LogP contribution in [-0.4, -0.2) is 60.0 Å². The van der Waals surface area contributed by atoms with Crippen molar-refractivity contribution < 1.29 is 4.79 Å². The lowest BCUT2D eigenvalue weighted by Crippen LogP contribution is -2.35. The minimum atomic E-state index is 0.161. The van der Waals surface area contributed by atoms with Gasteiger partial charge in [0.05, 0.1) is 5.75 Å². The fourth-order valence-electron chi connectivity index (χ4n) is 1.80. The maximum atomic E-state index is 12.1. The molecule has 0 aliphatic carbocycles. The third kappa shape index (κ3) is 13.2. The van der Waals surface area contributed by atoms with Crippen LogP contribution >= 0.6 is 24.0 Å². The van der Waals surface area contributed by atoms with Crippen molar-refractivity contribution in [3.8, 4) is 0 Å². The molecule has 21 heavy (non-hydrogen) atoms. The van der Waals surface area contributed by atoms with E-state index in [4.69, 9.17) is 23.7 Å². The first kappa shape index (κ1) is 20.8. The van der Waals surface area contributed by atoms with E-state index in [9.17, 15) is 4.79 Å². The third-order valence-corrected chi connectivity index (χ3v) is 4.12. The number of unbranched alkanes of at least 4 members (excludes halogenated alkanes) is 1. The number of nitrogens with one attached hydrogen (secondary N) is 1. The maximum absolute atomic E-state index is 12.1. The maximum Gasteiger partial charge on any atom is 0.232 e. The Hall–Kier alpha value is -0.210. The molecule has 0 rings (SSSR count). The van der Waals surface area contributed by atoms with Crippen molar-refractivity contribution in [2.45, 2.75) is 32.6 Å². The molecule has 0 fully saturated rings. The monoisotopic (exact) mass is 334 g/mol. The van der Waals surface area contributed by atoms with Gasteiger partial charge in [0.1, 0.15) is 0 Å². The van der Waals surface area contributed by atoms with Crippen molar-refractivity contribution in [3.05, 3.63) is 0 Å². The van der Waals surface area contributed by atoms with Gasteiger partial charge in [-0.2, -0.15) is 0 Å². The van der Waals surface area contributed by atoms with Gasteiger partial charge < -0.3 is 21.7 Å². The van der Waals surface area contributed by atoms with Crippen molar-refractivity contribution >= 4 is 34.1 Å². The van der Waals surface area contributed by atoms with E-state index in [-0.39, 0.29) is 5.91 Å². The Bertz CT molecular complexity index is 290. The van der Waals surface area contributed by atoms with E-state index < -0.39 is 0 Å². The van der Waals surface area contributed by atoms with Gasteiger partial charge in [-0.3, -0.25) is 4.79 Å². The van der Waals surface area contributed by atoms with Crippen LogP contribution in [0.15, 0.2) is 0 Å². The molecule has 0 aromatic rings. The number of carbonyl (C=O) groups excluding carboxylic acids is 1. The summed E-state index contributed by atoms with van der Waals surface area (Å²) in [5.41, 5.74) is 11.0. The summed E-state index contributed by atoms with van der Waals surface area (Å²) in [4.78, 5) is 14.0. The number of carbonyl (C=O) groups is 1. The van der Waals surface area contributed by atoms with Crippen molar-refractivity contribution in [1.29, 1.82) is 0 Å². The quantitative estimate of drug-likeness (QED) is 0.344. The lowest BCUT2D eigenvalue weighted by Gasteiger charge is -2.22. The molecule has 0 aliphatic rings. The number of amides is 1. The van der Waals surface area contributed by atoms with E-state index in [0.29, 0.717) is 12.3 Å². The second kappa shape index (κ2) is 14.7. The molecule has 0 aromatic heterocycles. The zero-order valence-corrected chi connectivity index (χ0v) is 14.7. The van der Waals surface area contributed by atoms with Crippen molar-refractivity contribution in [3.63, 3.8) is 0 Å². The topological polar surface area (TPSA) is 84.4 Å². The SMILES string of the molecule is CC(=S)SCC(=O)N(CCCN)CCCCNCCCN. The van der Waals surface area contributed by atoms with Crippen LogP contribution in [0.2, 0.25) is 0 Å². The van der Waals surface area contributed by atoms with Gasteiger partial charge in [0, 0.05) is 17.3 Å². The predicted molar refractivity (Wildman–Crippen MR) is 96.8 cm³/mol. The van der Waals surface area contributed by atoms with E-state index in [0.717, 1.165) is 62.6 Å². The Balaban J connectivity index is 3.89. The van der Waals surface area contributed by atoms with Crippen LogP contribution in [0.25, 0.3) is 0 Å². The number of hydrogen-bond donors (Lipinski definition) is 3. The molecule has 1 amide bonds. The Kier molecular flexibility index (Phi) is 14.6. The third-order valence-electron chi connectivity index (χ3n) is 2.97. The molecule has 0 heterocycles. The Morgan fingerprint density at radius 2 is 1.71 bits per heavy atom. The molecule has 5 N–H and O–H groups in total. The first-order valence-corrected chi connectivity index (χ1v) is 9.03. The number of nitrogens with zero attached hydrogens (tertiary/aromatic N) is 1. The molecule has 5 nitrogen and oxygen atoms in total. The molecular formula is C14H30N4OS2. The average molecular weight is 335 g/mol. The van der Waals surface area contributed by atoms with Crippen LogP contribution in [-0.2, 0) is 4.79 Å². The van der Waals surface area contributed by atoms with Crippen LogP contribution in [0.5, 0.6) is 0 Å². The van der Waals surface area contributed by atoms with Gasteiger partial charge in [-0.25, -0.2) is 0 Å². The lowest BCUT2D eigenvalue weighted by atomic mass is 10.2. The van der Waals surface area contributed by atoms with Gasteiger partial charge in [-0.1, -0.05) is 12.2 Å². The summed E-state index contributed by atoms with van der Waals surface area (Å²) in [6, 6.07) is 0. The molecule has 0 saturated heterocycles. The summed E-state index contributed by atoms with van der Waals surface area (Å²) in [7, 11) is 0. The second-order valence-electron chi connectivity index (χ2n) is 4.90. The van der Waals surface area contributed by atoms with E-state index in [2.05, 4.69) is 5.32 Å². The van der Waals surface area contributed by atoms with Gasteiger partial charge >= 0.3 is 0 Å². The average Bonchev–Trinajstić information content (AvgIpc) is 2.46. The fraction of sp³-hybridized carbons (Fsp3) is 0.857. The molecule has 0 bridgehead atoms. The van der Waals surface area contributed by atoms with E-state index in [1.54, 1.807) is 0 Å². The van der Waals surface area contributed by atoms with Gasteiger partial charge in [-0.05, 0) is 58.8 Å². The predicted octanol–water partition coefficient (Wildman–Crippen LogP) is 0.963. The summed E-state index contributed by atoms with van der Waals surface area (Å²) >= 11 is 6.44. The molecule has 0 unspecified atom stereocenters. The summed E-state index contributed by atoms with van der Waals surface area (Å²) in [5.74, 6) is 0.600. The Morgan fingerprint density at radius 1 is 1.10 bits per heavy atom. The number of thioether (sulfide) groups is 1. The van der Waals surface area contributed by atoms with Crippen molar-refractivity contribution in [1.82, 2.24) is 10.2 Å². The molecule has 0 saturated carbocycles. The summed E-state index contributed by atoms with van der Waals surface area (Å²) in [6.07, 6.45) is 3.93. The van der Waals surface area contributed by atoms with Crippen LogP contribution in [0.3, 0.4) is 0 Å². The van der Waals surface area contributed by atoms with Crippen LogP contribution < -0.4 is 16.8 Å². The molecule has 7 heteroatoms. The molecule has 0 atom stereocenters. The van der Waals surface area contributed by atoms with Crippen LogP contribution in [0.1, 0.15) is 32.6 Å². The zero-order chi connectivity index (χ0) is 15.9. The number of hydrogen-bond acceptors (Lipinski definition) is 6. The van der Waals surface area contributed by atoms with E-state index in [1.807, 2.05) is 11.8 Å². The summed E-state index contributed by atoms with van der Waals surface area (Å²) < 4.78 is 0.811. The Morgan fingerprint density at radius 3 is 2.33 bits per heavy atom. The molecule has 0 spiro atoms. The van der Waals surface area contributed by atoms with E-state index in [1.165, 1.54) is 11.8 Å². The van der Waals surface area contributed by atoms with Gasteiger partial charge in [0.25, 0.3) is 0 Å². The largest absolute Gasteiger partial charge is 0.342 e. The molecule has 124 valence electrons. The highest BCUT2D eigenvalue weighted by atomic mass is 32.2. The van der Waals surface area contributed by atoms with Gasteiger partial charge in [0.15, 0.2) is 0 Å². The highest BCUT2D eigenvalue weighted by Gasteiger charge is 2.12. The standard InChI is InChI=1S/C14H30N4OS2/c1-13(20)21-12-14(19)18(11-5-7-16)10-3-2-8-17-9-4-6-15/h17H,2-12,15-16H2,1H3. The van der Waals surface area contributed by atoms with Crippen LogP contribution in [0, 0.1) is 0 Å². The van der Waals surface area contributed by atoms with Crippen LogP contribution in [0.4, 0.5) is 0 Å². The molecule has 0 radical (unpaired) electrons. The van der Waals surface area contributed by atoms with Gasteiger partial charge in [-0.15, -0.1) is 11.8 Å². The highest BCUT2D eigenvalue weighted by Crippen LogP contribution is 2.07. The van der Waals surface area contributed by atoms with Crippen molar-refractivity contribution in [2.24, 2.45) is 11.5 Å². The summed E-state index contributed by atoms with van der Waals surface area (Å²) in [5, 5.41) is 3.35. The molecule has 0 aromatic carbocycles. The number of thiocarbonyl (C=S) groups is 1. The molecular weight excluding hydrogens is 304 g/mol. The highest BCUT2D eigenvalue weighted by molar-refractivity contribution is 8.23. The molecule has 0 aliphatic heterocycles. The first-order valence-electron chi connectivity index (χ1n) is 7.63. The number of rotatable bonds is 13. The lowest BCUT2D eigenvalue weighted by molar-refractivity contribution is -0.128. The van der Waals surface area contributed by atoms with E-state index >= 15 is 0 Å². The fourth-order valence-corrected chi connectivity index (χ4v) is 2.49. The zero-order valence-electron chi connectivity index (χ0n) is 13.1. The first-order chi connectivity index (χ1) is 10.1. The second-order valence-corrected chi connectivity index (χ2v) is 6.96. The number of nitrogens with two attached hydrogens (primary N) is 2. The smallest absolute Gasteiger partial charge is 0.232 e. The van der Waals surface area contributed by atoms with Crippen molar-refractivity contribution in [2.75, 3.05) is 45.0 Å². The minimum Gasteiger partial charge on any atom is -0.342 e.